The van der Waals surface area contributed by atoms with E-state index in [0.29, 0.717) is 10.8 Å². The number of amides is 2. The third kappa shape index (κ3) is 4.16. The van der Waals surface area contributed by atoms with Gasteiger partial charge in [-0.3, -0.25) is 14.4 Å². The minimum atomic E-state index is -0.841. The third-order valence-corrected chi connectivity index (χ3v) is 4.86. The molecule has 0 saturated heterocycles. The van der Waals surface area contributed by atoms with Crippen LogP contribution in [0, 0.1) is 0 Å². The number of primary amides is 1. The van der Waals surface area contributed by atoms with Crippen LogP contribution < -0.4 is 16.6 Å². The van der Waals surface area contributed by atoms with E-state index in [1.54, 1.807) is 43.5 Å². The highest BCUT2D eigenvalue weighted by Crippen LogP contribution is 2.22. The number of esters is 1. The molecule has 0 aliphatic heterocycles. The van der Waals surface area contributed by atoms with E-state index in [9.17, 15) is 19.2 Å². The zero-order valence-corrected chi connectivity index (χ0v) is 16.5. The predicted molar refractivity (Wildman–Crippen MR) is 108 cm³/mol. The molecule has 3 N–H and O–H groups in total. The lowest BCUT2D eigenvalue weighted by molar-refractivity contribution is -0.119. The Morgan fingerprint density at radius 2 is 1.90 bits per heavy atom. The van der Waals surface area contributed by atoms with Crippen molar-refractivity contribution in [2.75, 3.05) is 11.9 Å². The second-order valence-corrected chi connectivity index (χ2v) is 7.31. The van der Waals surface area contributed by atoms with E-state index in [1.165, 1.54) is 10.7 Å². The molecule has 29 heavy (non-hydrogen) atoms. The van der Waals surface area contributed by atoms with E-state index in [-0.39, 0.29) is 27.9 Å². The highest BCUT2D eigenvalue weighted by atomic mass is 32.1. The molecule has 2 aromatic heterocycles. The molecule has 0 aliphatic rings. The van der Waals surface area contributed by atoms with E-state index in [4.69, 9.17) is 10.5 Å². The monoisotopic (exact) mass is 414 g/mol. The molecule has 0 aliphatic carbocycles. The van der Waals surface area contributed by atoms with Crippen LogP contribution in [0.25, 0.3) is 10.8 Å². The Morgan fingerprint density at radius 1 is 1.21 bits per heavy atom. The number of carbonyl (C=O) groups is 3. The Kier molecular flexibility index (Phi) is 5.74. The maximum Gasteiger partial charge on any atom is 0.359 e. The molecule has 9 nitrogen and oxygen atoms in total. The van der Waals surface area contributed by atoms with Crippen LogP contribution in [0.2, 0.25) is 0 Å². The molecule has 10 heteroatoms. The van der Waals surface area contributed by atoms with E-state index in [1.807, 2.05) is 0 Å². The Labute approximate surface area is 169 Å². The fraction of sp³-hybridized carbons (Fsp3) is 0.211. The first-order valence-electron chi connectivity index (χ1n) is 8.65. The number of anilines is 1. The summed E-state index contributed by atoms with van der Waals surface area (Å²) in [4.78, 5) is 48.5. The number of fused-ring (bicyclic) bond motifs is 1. The van der Waals surface area contributed by atoms with Gasteiger partial charge < -0.3 is 15.8 Å². The molecule has 3 rings (SSSR count). The summed E-state index contributed by atoms with van der Waals surface area (Å²) in [6.45, 7) is 2.94. The van der Waals surface area contributed by atoms with Gasteiger partial charge in [0.25, 0.3) is 17.4 Å². The summed E-state index contributed by atoms with van der Waals surface area (Å²) in [7, 11) is 0. The quantitative estimate of drug-likeness (QED) is 0.592. The Hall–Kier alpha value is -3.53. The normalized spacial score (nSPS) is 10.9. The summed E-state index contributed by atoms with van der Waals surface area (Å²) >= 11 is 1.12. The van der Waals surface area contributed by atoms with Gasteiger partial charge in [0, 0.05) is 5.39 Å². The highest BCUT2D eigenvalue weighted by molar-refractivity contribution is 7.14. The third-order valence-electron chi connectivity index (χ3n) is 4.03. The number of rotatable bonds is 6. The van der Waals surface area contributed by atoms with E-state index >= 15 is 0 Å². The lowest BCUT2D eigenvalue weighted by Crippen LogP contribution is -2.29. The van der Waals surface area contributed by atoms with E-state index in [0.717, 1.165) is 11.3 Å². The zero-order valence-electron chi connectivity index (χ0n) is 15.7. The van der Waals surface area contributed by atoms with Crippen molar-refractivity contribution in [1.82, 2.24) is 9.78 Å². The number of nitrogens with two attached hydrogens (primary N) is 1. The van der Waals surface area contributed by atoms with E-state index in [2.05, 4.69) is 10.4 Å². The van der Waals surface area contributed by atoms with Gasteiger partial charge in [-0.2, -0.15) is 5.10 Å². The molecule has 150 valence electrons. The van der Waals surface area contributed by atoms with Gasteiger partial charge in [-0.25, -0.2) is 9.48 Å². The van der Waals surface area contributed by atoms with Crippen molar-refractivity contribution in [2.45, 2.75) is 19.9 Å². The highest BCUT2D eigenvalue weighted by Gasteiger charge is 2.20. The minimum absolute atomic E-state index is 0.0596. The van der Waals surface area contributed by atoms with Crippen molar-refractivity contribution in [1.29, 1.82) is 0 Å². The van der Waals surface area contributed by atoms with Crippen LogP contribution in [0.1, 0.15) is 40.7 Å². The average Bonchev–Trinajstić information content (AvgIpc) is 3.14. The number of nitrogens with one attached hydrogen (secondary N) is 1. The summed E-state index contributed by atoms with van der Waals surface area (Å²) in [5, 5.41) is 9.16. The fourth-order valence-corrected chi connectivity index (χ4v) is 3.48. The molecule has 0 unspecified atom stereocenters. The first-order valence-corrected chi connectivity index (χ1v) is 9.53. The summed E-state index contributed by atoms with van der Waals surface area (Å²) in [5.41, 5.74) is 5.03. The second-order valence-electron chi connectivity index (χ2n) is 6.39. The van der Waals surface area contributed by atoms with Gasteiger partial charge in [-0.05, 0) is 31.4 Å². The van der Waals surface area contributed by atoms with Gasteiger partial charge in [-0.15, -0.1) is 11.3 Å². The predicted octanol–water partition coefficient (Wildman–Crippen LogP) is 1.93. The Balaban J connectivity index is 1.80. The first kappa shape index (κ1) is 20.2. The number of nitrogens with zero attached hydrogens (tertiary/aromatic N) is 2. The molecule has 0 atom stereocenters. The number of thiophene rings is 1. The topological polar surface area (TPSA) is 133 Å². The van der Waals surface area contributed by atoms with Gasteiger partial charge in [-0.1, -0.05) is 18.2 Å². The summed E-state index contributed by atoms with van der Waals surface area (Å²) in [6.07, 6.45) is 0. The van der Waals surface area contributed by atoms with Crippen LogP contribution in [0.4, 0.5) is 5.00 Å². The van der Waals surface area contributed by atoms with Crippen LogP contribution >= 0.6 is 11.3 Å². The van der Waals surface area contributed by atoms with Gasteiger partial charge in [0.05, 0.1) is 17.0 Å². The maximum atomic E-state index is 12.6. The summed E-state index contributed by atoms with van der Waals surface area (Å²) in [6, 6.07) is 7.77. The lowest BCUT2D eigenvalue weighted by atomic mass is 10.1. The Morgan fingerprint density at radius 3 is 2.55 bits per heavy atom. The molecule has 2 heterocycles. The molecular formula is C19H18N4O5S. The van der Waals surface area contributed by atoms with Crippen molar-refractivity contribution < 1.29 is 19.1 Å². The SMILES string of the molecule is CC(C)n1nc(C(=O)OCC(=O)Nc2sccc2C(N)=O)c2ccccc2c1=O. The number of carbonyl (C=O) groups excluding carboxylic acids is 3. The molecule has 0 bridgehead atoms. The number of hydrogen-bond acceptors (Lipinski definition) is 7. The number of hydrogen-bond donors (Lipinski definition) is 2. The van der Waals surface area contributed by atoms with Crippen molar-refractivity contribution in [3.05, 3.63) is 57.3 Å². The van der Waals surface area contributed by atoms with Crippen LogP contribution in [0.5, 0.6) is 0 Å². The Bertz CT molecular complexity index is 1160. The molecule has 3 aromatic rings. The van der Waals surface area contributed by atoms with Crippen molar-refractivity contribution >= 4 is 44.9 Å². The average molecular weight is 414 g/mol. The van der Waals surface area contributed by atoms with Gasteiger partial charge in [0.15, 0.2) is 12.3 Å². The van der Waals surface area contributed by atoms with Gasteiger partial charge in [0.1, 0.15) is 5.00 Å². The fourth-order valence-electron chi connectivity index (χ4n) is 2.67. The molecule has 0 radical (unpaired) electrons. The van der Waals surface area contributed by atoms with Gasteiger partial charge in [0.2, 0.25) is 0 Å². The van der Waals surface area contributed by atoms with Crippen molar-refractivity contribution in [3.8, 4) is 0 Å². The molecule has 0 saturated carbocycles. The smallest absolute Gasteiger partial charge is 0.359 e. The van der Waals surface area contributed by atoms with Crippen molar-refractivity contribution in [3.63, 3.8) is 0 Å². The number of aromatic nitrogens is 2. The summed E-state index contributed by atoms with van der Waals surface area (Å²) < 4.78 is 6.28. The van der Waals surface area contributed by atoms with Crippen LogP contribution in [0.3, 0.4) is 0 Å². The first-order chi connectivity index (χ1) is 13.8. The standard InChI is InChI=1S/C19H18N4O5S/c1-10(2)23-18(26)12-6-4-3-5-11(12)15(22-23)19(27)28-9-14(24)21-17-13(16(20)25)7-8-29-17/h3-8,10H,9H2,1-2H3,(H2,20,25)(H,21,24). The number of benzene rings is 1. The number of ether oxygens (including phenoxy) is 1. The van der Waals surface area contributed by atoms with E-state index < -0.39 is 24.4 Å². The lowest BCUT2D eigenvalue weighted by Gasteiger charge is -2.13. The maximum absolute atomic E-state index is 12.6. The molecule has 0 fully saturated rings. The second kappa shape index (κ2) is 8.23. The molecule has 2 amide bonds. The van der Waals surface area contributed by atoms with Gasteiger partial charge >= 0.3 is 5.97 Å². The minimum Gasteiger partial charge on any atom is -0.451 e. The zero-order chi connectivity index (χ0) is 21.1. The molecule has 0 spiro atoms. The van der Waals surface area contributed by atoms with Crippen LogP contribution in [-0.4, -0.2) is 34.2 Å². The largest absolute Gasteiger partial charge is 0.451 e. The molecular weight excluding hydrogens is 396 g/mol. The van der Waals surface area contributed by atoms with Crippen molar-refractivity contribution in [2.24, 2.45) is 5.73 Å². The van der Waals surface area contributed by atoms with Crippen LogP contribution in [-0.2, 0) is 9.53 Å². The van der Waals surface area contributed by atoms with Crippen LogP contribution in [0.15, 0.2) is 40.5 Å². The summed E-state index contributed by atoms with van der Waals surface area (Å²) in [5.74, 6) is -2.15. The molecule has 1 aromatic carbocycles.